The number of hydrogen-bond donors (Lipinski definition) is 0. The molecule has 3 heteroatoms. The molecule has 0 aromatic rings. The van der Waals surface area contributed by atoms with Crippen LogP contribution in [-0.2, 0) is 2.79 Å². The zero-order valence-electron chi connectivity index (χ0n) is 14.2. The molecule has 0 aliphatic heterocycles. The van der Waals surface area contributed by atoms with Crippen molar-refractivity contribution in [1.29, 1.82) is 0 Å². The maximum absolute atomic E-state index is 7.08. The van der Waals surface area contributed by atoms with Gasteiger partial charge in [0.25, 0.3) is 0 Å². The standard InChI is InChI=1S/C18H28Ge2O/c1-17(2,3)19(15-11-7-8-12-15)21-20(18(4,5)6)16-13-9-10-14-16/h7-16H,1-6H3. The van der Waals surface area contributed by atoms with Crippen molar-refractivity contribution in [3.63, 3.8) is 0 Å². The molecule has 0 saturated carbocycles. The van der Waals surface area contributed by atoms with E-state index in [1.54, 1.807) is 0 Å². The maximum atomic E-state index is 7.08. The van der Waals surface area contributed by atoms with E-state index in [1.165, 1.54) is 0 Å². The van der Waals surface area contributed by atoms with E-state index in [9.17, 15) is 0 Å². The number of allylic oxidation sites excluding steroid dienone is 8. The summed E-state index contributed by atoms with van der Waals surface area (Å²) in [6.07, 6.45) is 18.2. The van der Waals surface area contributed by atoms with Crippen molar-refractivity contribution in [3.8, 4) is 0 Å². The van der Waals surface area contributed by atoms with Gasteiger partial charge in [-0.05, 0) is 0 Å². The van der Waals surface area contributed by atoms with Crippen LogP contribution in [0.15, 0.2) is 48.6 Å². The number of rotatable bonds is 4. The van der Waals surface area contributed by atoms with Gasteiger partial charge in [-0.15, -0.1) is 0 Å². The summed E-state index contributed by atoms with van der Waals surface area (Å²) in [6, 6.07) is 0. The second kappa shape index (κ2) is 6.63. The minimum absolute atomic E-state index is 0.319. The second-order valence-corrected chi connectivity index (χ2v) is 22.7. The Morgan fingerprint density at radius 1 is 0.619 bits per heavy atom. The van der Waals surface area contributed by atoms with Gasteiger partial charge in [0.15, 0.2) is 0 Å². The van der Waals surface area contributed by atoms with Crippen molar-refractivity contribution in [3.05, 3.63) is 48.6 Å². The third kappa shape index (κ3) is 4.49. The molecule has 2 radical (unpaired) electrons. The topological polar surface area (TPSA) is 9.23 Å². The summed E-state index contributed by atoms with van der Waals surface area (Å²) in [5, 5.41) is 0. The van der Waals surface area contributed by atoms with Gasteiger partial charge in [-0.2, -0.15) is 0 Å². The van der Waals surface area contributed by atoms with Crippen LogP contribution in [0.25, 0.3) is 0 Å². The first kappa shape index (κ1) is 17.4. The molecule has 0 fully saturated rings. The van der Waals surface area contributed by atoms with Crippen molar-refractivity contribution in [2.45, 2.75) is 59.5 Å². The van der Waals surface area contributed by atoms with E-state index in [0.29, 0.717) is 18.0 Å². The quantitative estimate of drug-likeness (QED) is 0.555. The Hall–Kier alpha value is 0.00571. The zero-order chi connectivity index (χ0) is 15.7. The van der Waals surface area contributed by atoms with Crippen LogP contribution >= 0.6 is 0 Å². The van der Waals surface area contributed by atoms with Crippen molar-refractivity contribution < 1.29 is 2.79 Å². The Labute approximate surface area is 140 Å². The molecular weight excluding hydrogens is 377 g/mol. The molecule has 114 valence electrons. The molecule has 0 atom stereocenters. The molecule has 2 aliphatic carbocycles. The zero-order valence-corrected chi connectivity index (χ0v) is 18.4. The van der Waals surface area contributed by atoms with E-state index in [1.807, 2.05) is 0 Å². The van der Waals surface area contributed by atoms with Gasteiger partial charge in [0.2, 0.25) is 0 Å². The first-order chi connectivity index (χ1) is 9.69. The molecule has 0 saturated heterocycles. The van der Waals surface area contributed by atoms with Crippen LogP contribution in [0.2, 0.25) is 18.0 Å². The van der Waals surface area contributed by atoms with Gasteiger partial charge in [0, 0.05) is 0 Å². The van der Waals surface area contributed by atoms with Crippen LogP contribution < -0.4 is 0 Å². The first-order valence-corrected chi connectivity index (χ1v) is 14.1. The predicted octanol–water partition coefficient (Wildman–Crippen LogP) is 5.58. The molecule has 2 rings (SSSR count). The van der Waals surface area contributed by atoms with E-state index in [-0.39, 0.29) is 0 Å². The van der Waals surface area contributed by atoms with Crippen LogP contribution in [0.3, 0.4) is 0 Å². The van der Waals surface area contributed by atoms with Crippen LogP contribution in [-0.4, -0.2) is 29.4 Å². The Balaban J connectivity index is 2.23. The first-order valence-electron chi connectivity index (χ1n) is 7.82. The molecule has 0 heterocycles. The molecule has 0 N–H and O–H groups in total. The molecular formula is C18H28Ge2O. The van der Waals surface area contributed by atoms with Gasteiger partial charge >= 0.3 is 140 Å². The van der Waals surface area contributed by atoms with Gasteiger partial charge in [-0.1, -0.05) is 0 Å². The van der Waals surface area contributed by atoms with Crippen LogP contribution in [0.4, 0.5) is 0 Å². The van der Waals surface area contributed by atoms with Crippen LogP contribution in [0, 0.1) is 0 Å². The predicted molar refractivity (Wildman–Crippen MR) is 96.1 cm³/mol. The molecule has 0 aromatic heterocycles. The summed E-state index contributed by atoms with van der Waals surface area (Å²) in [6.45, 7) is 14.3. The summed E-state index contributed by atoms with van der Waals surface area (Å²) < 4.78 is 8.89. The van der Waals surface area contributed by atoms with Crippen LogP contribution in [0.5, 0.6) is 0 Å². The average molecular weight is 406 g/mol. The van der Waals surface area contributed by atoms with E-state index in [2.05, 4.69) is 90.2 Å². The Morgan fingerprint density at radius 2 is 0.905 bits per heavy atom. The average Bonchev–Trinajstić information content (AvgIpc) is 2.96. The van der Waals surface area contributed by atoms with Crippen molar-refractivity contribution >= 4 is 29.4 Å². The fourth-order valence-corrected chi connectivity index (χ4v) is 23.9. The Morgan fingerprint density at radius 3 is 1.14 bits per heavy atom. The number of hydrogen-bond acceptors (Lipinski definition) is 1. The second-order valence-electron chi connectivity index (χ2n) is 7.92. The van der Waals surface area contributed by atoms with Gasteiger partial charge in [0.05, 0.1) is 0 Å². The van der Waals surface area contributed by atoms with E-state index < -0.39 is 29.4 Å². The SMILES string of the molecule is C[C](C)(C)[Ge]([O][Ge]([CH]1C=CC=C1)[C](C)(C)C)[CH]1C=CC=C1. The summed E-state index contributed by atoms with van der Waals surface area (Å²) in [5.74, 6) is 0. The molecule has 2 aliphatic rings. The van der Waals surface area contributed by atoms with Crippen molar-refractivity contribution in [2.24, 2.45) is 0 Å². The van der Waals surface area contributed by atoms with Gasteiger partial charge in [-0.25, -0.2) is 0 Å². The third-order valence-electron chi connectivity index (χ3n) is 3.80. The summed E-state index contributed by atoms with van der Waals surface area (Å²) in [5.41, 5.74) is 0. The fourth-order valence-electron chi connectivity index (χ4n) is 2.77. The molecule has 0 unspecified atom stereocenters. The molecule has 1 nitrogen and oxygen atoms in total. The Kier molecular flexibility index (Phi) is 5.48. The van der Waals surface area contributed by atoms with Gasteiger partial charge in [0.1, 0.15) is 0 Å². The van der Waals surface area contributed by atoms with Crippen LogP contribution in [0.1, 0.15) is 41.5 Å². The summed E-state index contributed by atoms with van der Waals surface area (Å²) in [4.78, 5) is 0. The molecule has 0 amide bonds. The van der Waals surface area contributed by atoms with E-state index >= 15 is 0 Å². The molecule has 0 aromatic carbocycles. The normalized spacial score (nSPS) is 19.8. The monoisotopic (exact) mass is 408 g/mol. The van der Waals surface area contributed by atoms with E-state index in [0.717, 1.165) is 0 Å². The van der Waals surface area contributed by atoms with E-state index in [4.69, 9.17) is 2.79 Å². The molecule has 0 spiro atoms. The molecule has 21 heavy (non-hydrogen) atoms. The Bertz CT molecular complexity index is 406. The van der Waals surface area contributed by atoms with Crippen molar-refractivity contribution in [1.82, 2.24) is 0 Å². The fraction of sp³-hybridized carbons (Fsp3) is 0.556. The third-order valence-corrected chi connectivity index (χ3v) is 19.9. The molecule has 0 bridgehead atoms. The van der Waals surface area contributed by atoms with Crippen molar-refractivity contribution in [2.75, 3.05) is 0 Å². The minimum atomic E-state index is -1.68. The van der Waals surface area contributed by atoms with Gasteiger partial charge in [-0.3, -0.25) is 0 Å². The van der Waals surface area contributed by atoms with Gasteiger partial charge < -0.3 is 0 Å². The summed E-state index contributed by atoms with van der Waals surface area (Å²) >= 11 is -3.36. The summed E-state index contributed by atoms with van der Waals surface area (Å²) in [7, 11) is 0.